The largest absolute Gasteiger partial charge is 0.399 e. The molecular weight excluding hydrogens is 398 g/mol. The minimum Gasteiger partial charge on any atom is -0.399 e. The van der Waals surface area contributed by atoms with Crippen LogP contribution in [-0.2, 0) is 0 Å². The van der Waals surface area contributed by atoms with E-state index in [0.717, 1.165) is 28.4 Å². The van der Waals surface area contributed by atoms with Gasteiger partial charge in [0.1, 0.15) is 0 Å². The van der Waals surface area contributed by atoms with Crippen LogP contribution in [0.1, 0.15) is 5.56 Å². The summed E-state index contributed by atoms with van der Waals surface area (Å²) in [5.74, 6) is 0. The van der Waals surface area contributed by atoms with Gasteiger partial charge in [-0.1, -0.05) is 62.7 Å². The monoisotopic (exact) mass is 433 g/mol. The molecule has 0 heterocycles. The molecule has 0 aliphatic carbocycles. The van der Waals surface area contributed by atoms with Gasteiger partial charge in [0.15, 0.2) is 0 Å². The first-order valence-electron chi connectivity index (χ1n) is 10.6. The van der Waals surface area contributed by atoms with Crippen molar-refractivity contribution in [2.75, 3.05) is 16.4 Å². The zero-order valence-electron chi connectivity index (χ0n) is 19.4. The van der Waals surface area contributed by atoms with Crippen LogP contribution in [0.25, 0.3) is 0 Å². The second-order valence-electron chi connectivity index (χ2n) is 10.2. The number of benzene rings is 3. The highest BCUT2D eigenvalue weighted by Crippen LogP contribution is 2.26. The molecule has 0 atom stereocenters. The van der Waals surface area contributed by atoms with Gasteiger partial charge >= 0.3 is 0 Å². The molecule has 4 N–H and O–H groups in total. The molecule has 3 aromatic rings. The Morgan fingerprint density at radius 3 is 1.63 bits per heavy atom. The lowest BCUT2D eigenvalue weighted by molar-refractivity contribution is 1.43. The van der Waals surface area contributed by atoms with Gasteiger partial charge in [0.2, 0.25) is 0 Å². The third kappa shape index (κ3) is 5.55. The number of hydrogen-bond donors (Lipinski definition) is 3. The first-order chi connectivity index (χ1) is 13.9. The topological polar surface area (TPSA) is 50.1 Å². The van der Waals surface area contributed by atoms with Gasteiger partial charge in [-0.2, -0.15) is 0 Å². The van der Waals surface area contributed by atoms with Gasteiger partial charge in [0.05, 0.1) is 16.1 Å². The van der Waals surface area contributed by atoms with E-state index in [4.69, 9.17) is 5.73 Å². The molecule has 158 valence electrons. The molecule has 3 rings (SSSR count). The summed E-state index contributed by atoms with van der Waals surface area (Å²) in [6.45, 7) is 16.2. The Bertz CT molecular complexity index is 1030. The number of hydrogen-bond acceptors (Lipinski definition) is 3. The quantitative estimate of drug-likeness (QED) is 0.322. The Balaban J connectivity index is 1.79. The van der Waals surface area contributed by atoms with Crippen LogP contribution >= 0.6 is 0 Å². The molecule has 30 heavy (non-hydrogen) atoms. The molecule has 0 saturated carbocycles. The summed E-state index contributed by atoms with van der Waals surface area (Å²) in [4.78, 5) is 0. The zero-order valence-corrected chi connectivity index (χ0v) is 21.4. The first-order valence-corrected chi connectivity index (χ1v) is 17.6. The third-order valence-electron chi connectivity index (χ3n) is 5.27. The summed E-state index contributed by atoms with van der Waals surface area (Å²) in [7, 11) is -2.71. The first kappa shape index (κ1) is 22.2. The van der Waals surface area contributed by atoms with Crippen molar-refractivity contribution in [1.82, 2.24) is 0 Å². The average molecular weight is 434 g/mol. The fourth-order valence-electron chi connectivity index (χ4n) is 3.64. The molecule has 3 nitrogen and oxygen atoms in total. The lowest BCUT2D eigenvalue weighted by Gasteiger charge is -2.20. The summed E-state index contributed by atoms with van der Waals surface area (Å²) in [6, 6.07) is 21.7. The van der Waals surface area contributed by atoms with Crippen molar-refractivity contribution >= 4 is 55.0 Å². The second kappa shape index (κ2) is 8.32. The van der Waals surface area contributed by atoms with Crippen LogP contribution < -0.4 is 26.7 Å². The number of rotatable bonds is 6. The van der Waals surface area contributed by atoms with E-state index in [1.165, 1.54) is 15.9 Å². The molecule has 0 aliphatic rings. The minimum absolute atomic E-state index is 0.882. The van der Waals surface area contributed by atoms with E-state index < -0.39 is 16.1 Å². The van der Waals surface area contributed by atoms with Crippen molar-refractivity contribution in [2.45, 2.75) is 46.2 Å². The summed E-state index contributed by atoms with van der Waals surface area (Å²) in [6.07, 6.45) is 0. The Morgan fingerprint density at radius 1 is 0.600 bits per heavy atom. The van der Waals surface area contributed by atoms with Gasteiger partial charge in [-0.3, -0.25) is 0 Å². The standard InChI is InChI=1S/C25H35N3Si2/c1-18-14-21(27-19-8-11-23(12-9-19)29(2,3)4)16-22(15-18)28-20-10-13-25(24(26)17-20)30(5,6)7/h8-17,27-28H,26H2,1-7H3. The van der Waals surface area contributed by atoms with Crippen LogP contribution in [0.2, 0.25) is 39.3 Å². The maximum Gasteiger partial charge on any atom is 0.0802 e. The normalized spacial score (nSPS) is 12.0. The molecule has 0 amide bonds. The summed E-state index contributed by atoms with van der Waals surface area (Å²) in [5.41, 5.74) is 12.7. The average Bonchev–Trinajstić information content (AvgIpc) is 2.60. The lowest BCUT2D eigenvalue weighted by atomic mass is 10.1. The van der Waals surface area contributed by atoms with Gasteiger partial charge in [-0.25, -0.2) is 0 Å². The third-order valence-corrected chi connectivity index (χ3v) is 9.40. The van der Waals surface area contributed by atoms with Crippen LogP contribution in [0, 0.1) is 6.92 Å². The predicted octanol–water partition coefficient (Wildman–Crippen LogP) is 6.15. The molecule has 0 bridgehead atoms. The fraction of sp³-hybridized carbons (Fsp3) is 0.280. The second-order valence-corrected chi connectivity index (χ2v) is 20.3. The number of nitrogen functional groups attached to an aromatic ring is 1. The van der Waals surface area contributed by atoms with Crippen LogP contribution in [0.15, 0.2) is 60.7 Å². The van der Waals surface area contributed by atoms with Crippen molar-refractivity contribution < 1.29 is 0 Å². The number of nitrogens with two attached hydrogens (primary N) is 1. The summed E-state index contributed by atoms with van der Waals surface area (Å²) >= 11 is 0. The van der Waals surface area contributed by atoms with Crippen LogP contribution in [-0.4, -0.2) is 16.1 Å². The van der Waals surface area contributed by atoms with E-state index in [2.05, 4.69) is 118 Å². The highest BCUT2D eigenvalue weighted by atomic mass is 28.3. The molecule has 0 saturated heterocycles. The van der Waals surface area contributed by atoms with E-state index in [1.807, 2.05) is 0 Å². The molecule has 3 aromatic carbocycles. The highest BCUT2D eigenvalue weighted by molar-refractivity contribution is 6.89. The SMILES string of the molecule is Cc1cc(Nc2ccc([Si](C)(C)C)cc2)cc(Nc2ccc([Si](C)(C)C)c(N)c2)c1. The molecule has 0 fully saturated rings. The fourth-order valence-corrected chi connectivity index (χ4v) is 6.33. The van der Waals surface area contributed by atoms with E-state index >= 15 is 0 Å². The Hall–Kier alpha value is -2.51. The molecule has 0 unspecified atom stereocenters. The molecule has 0 radical (unpaired) electrons. The maximum atomic E-state index is 6.35. The predicted molar refractivity (Wildman–Crippen MR) is 141 cm³/mol. The van der Waals surface area contributed by atoms with Gasteiger partial charge in [0.25, 0.3) is 0 Å². The smallest absolute Gasteiger partial charge is 0.0802 e. The van der Waals surface area contributed by atoms with Crippen LogP contribution in [0.3, 0.4) is 0 Å². The van der Waals surface area contributed by atoms with Crippen LogP contribution in [0.5, 0.6) is 0 Å². The minimum atomic E-state index is -1.43. The van der Waals surface area contributed by atoms with Crippen molar-refractivity contribution in [1.29, 1.82) is 0 Å². The molecule has 5 heteroatoms. The maximum absolute atomic E-state index is 6.35. The number of anilines is 5. The van der Waals surface area contributed by atoms with Gasteiger partial charge in [0, 0.05) is 28.4 Å². The van der Waals surface area contributed by atoms with E-state index in [1.54, 1.807) is 0 Å². The van der Waals surface area contributed by atoms with E-state index in [9.17, 15) is 0 Å². The van der Waals surface area contributed by atoms with Gasteiger partial charge < -0.3 is 16.4 Å². The highest BCUT2D eigenvalue weighted by Gasteiger charge is 2.19. The van der Waals surface area contributed by atoms with E-state index in [-0.39, 0.29) is 0 Å². The van der Waals surface area contributed by atoms with E-state index in [0.29, 0.717) is 0 Å². The Morgan fingerprint density at radius 2 is 1.13 bits per heavy atom. The summed E-state index contributed by atoms with van der Waals surface area (Å²) in [5, 5.41) is 9.84. The molecule has 0 spiro atoms. The van der Waals surface area contributed by atoms with Gasteiger partial charge in [-0.05, 0) is 60.1 Å². The number of nitrogens with one attached hydrogen (secondary N) is 2. The molecular formula is C25H35N3Si2. The summed E-state index contributed by atoms with van der Waals surface area (Å²) < 4.78 is 0. The van der Waals surface area contributed by atoms with Gasteiger partial charge in [-0.15, -0.1) is 0 Å². The zero-order chi connectivity index (χ0) is 22.1. The number of aryl methyl sites for hydroxylation is 1. The van der Waals surface area contributed by atoms with Crippen LogP contribution in [0.4, 0.5) is 28.4 Å². The molecule has 0 aliphatic heterocycles. The molecule has 0 aromatic heterocycles. The Kier molecular flexibility index (Phi) is 6.15. The van der Waals surface area contributed by atoms with Crippen molar-refractivity contribution in [3.63, 3.8) is 0 Å². The lowest BCUT2D eigenvalue weighted by Crippen LogP contribution is -2.39. The van der Waals surface area contributed by atoms with Crippen molar-refractivity contribution in [3.05, 3.63) is 66.2 Å². The van der Waals surface area contributed by atoms with Crippen molar-refractivity contribution in [3.8, 4) is 0 Å². The van der Waals surface area contributed by atoms with Crippen molar-refractivity contribution in [2.24, 2.45) is 0 Å². The Labute approximate surface area is 183 Å².